The Bertz CT molecular complexity index is 2520. The van der Waals surface area contributed by atoms with E-state index in [9.17, 15) is 0 Å². The maximum atomic E-state index is 6.66. The van der Waals surface area contributed by atoms with Crippen molar-refractivity contribution in [2.24, 2.45) is 0 Å². The number of nitrogens with zero attached hydrogens (tertiary/aromatic N) is 4. The molecule has 352 valence electrons. The van der Waals surface area contributed by atoms with Crippen LogP contribution in [0.4, 0.5) is 0 Å². The summed E-state index contributed by atoms with van der Waals surface area (Å²) in [7, 11) is 0. The van der Waals surface area contributed by atoms with E-state index in [0.717, 1.165) is 139 Å². The third-order valence-electron chi connectivity index (χ3n) is 11.4. The van der Waals surface area contributed by atoms with Gasteiger partial charge in [-0.2, -0.15) is 17.5 Å². The molecule has 0 amide bonds. The lowest BCUT2D eigenvalue weighted by atomic mass is 10.0. The average molecular weight is 1060 g/mol. The van der Waals surface area contributed by atoms with Crippen LogP contribution in [0.3, 0.4) is 0 Å². The third-order valence-corrected chi connectivity index (χ3v) is 13.7. The van der Waals surface area contributed by atoms with Crippen LogP contribution in [0, 0.1) is 0 Å². The van der Waals surface area contributed by atoms with E-state index < -0.39 is 0 Å². The number of hydrogen-bond acceptors (Lipinski definition) is 10. The summed E-state index contributed by atoms with van der Waals surface area (Å²) in [6.07, 6.45) is 30.8. The van der Waals surface area contributed by atoms with Gasteiger partial charge in [0.2, 0.25) is 0 Å². The lowest BCUT2D eigenvalue weighted by Gasteiger charge is -2.16. The number of rotatable bonds is 30. The van der Waals surface area contributed by atoms with Crippen LogP contribution in [-0.4, -0.2) is 43.9 Å². The van der Waals surface area contributed by atoms with Crippen molar-refractivity contribution in [3.63, 3.8) is 0 Å². The molecular weight excluding hydrogens is 993 g/mol. The minimum Gasteiger partial charge on any atom is -0.493 e. The van der Waals surface area contributed by atoms with Crippen molar-refractivity contribution < 1.29 is 18.9 Å². The Hall–Kier alpha value is -4.10. The molecule has 0 atom stereocenters. The van der Waals surface area contributed by atoms with Gasteiger partial charge in [-0.3, -0.25) is 0 Å². The van der Waals surface area contributed by atoms with Crippen LogP contribution >= 0.6 is 55.3 Å². The average Bonchev–Trinajstić information content (AvgIpc) is 4.04. The van der Waals surface area contributed by atoms with E-state index >= 15 is 0 Å². The number of hydrogen-bond donors (Lipinski definition) is 0. The zero-order valence-electron chi connectivity index (χ0n) is 39.2. The van der Waals surface area contributed by atoms with Gasteiger partial charge in [-0.05, 0) is 87.9 Å². The molecule has 0 fully saturated rings. The highest BCUT2D eigenvalue weighted by Gasteiger charge is 2.15. The van der Waals surface area contributed by atoms with Crippen molar-refractivity contribution in [3.05, 3.63) is 90.9 Å². The molecule has 0 radical (unpaired) electrons. The topological polar surface area (TPSA) is 88.5 Å². The van der Waals surface area contributed by atoms with Crippen molar-refractivity contribution in [2.45, 2.75) is 130 Å². The molecule has 0 aliphatic heterocycles. The summed E-state index contributed by atoms with van der Waals surface area (Å²) in [5.74, 6) is 3.27. The quantitative estimate of drug-likeness (QED) is 0.0326. The number of fused-ring (bicyclic) bond motifs is 2. The molecule has 0 aliphatic carbocycles. The molecule has 8 nitrogen and oxygen atoms in total. The molecule has 12 heteroatoms. The Morgan fingerprint density at radius 1 is 0.364 bits per heavy atom. The summed E-state index contributed by atoms with van der Waals surface area (Å²) in [5, 5.41) is 0. The molecule has 0 N–H and O–H groups in total. The number of aromatic nitrogens is 4. The number of halogens is 2. The fraction of sp³-hybridized carbons (Fsp3) is 0.444. The molecule has 0 spiro atoms. The number of ether oxygens (including phenoxy) is 4. The van der Waals surface area contributed by atoms with Gasteiger partial charge in [0.25, 0.3) is 0 Å². The largest absolute Gasteiger partial charge is 0.493 e. The van der Waals surface area contributed by atoms with Gasteiger partial charge in [0.15, 0.2) is 0 Å². The van der Waals surface area contributed by atoms with Crippen LogP contribution in [-0.2, 0) is 0 Å². The highest BCUT2D eigenvalue weighted by Crippen LogP contribution is 2.37. The van der Waals surface area contributed by atoms with E-state index in [1.165, 1.54) is 74.8 Å². The Kier molecular flexibility index (Phi) is 22.0. The summed E-state index contributed by atoms with van der Waals surface area (Å²) in [6, 6.07) is 16.7. The van der Waals surface area contributed by atoms with Gasteiger partial charge in [-0.15, -0.1) is 0 Å². The lowest BCUT2D eigenvalue weighted by Crippen LogP contribution is -2.03. The zero-order chi connectivity index (χ0) is 46.4. The summed E-state index contributed by atoms with van der Waals surface area (Å²) >= 11 is 9.83. The summed E-state index contributed by atoms with van der Waals surface area (Å²) in [4.78, 5) is 0. The standard InChI is InChI=1S/C54H66Br2N4O4S2/c1-5-9-13-17-31-61-47-36-43(27-28-44-37-50(64-34-20-16-12-8-4)46(56)38-49(44)63-33-19-15-11-7-3)48(62-32-18-14-10-6-2)35-42(47)26-25-40-22-21-39(51-52(40)58-65-57-51)23-24-41-29-30-45(55)54-53(41)59-66-60-54/h21-30,35-38H,5-20,31-34H2,1-4H3/b24-23+,26-25+,28-27+. The molecule has 2 aromatic heterocycles. The zero-order valence-corrected chi connectivity index (χ0v) is 44.0. The first kappa shape index (κ1) is 51.3. The Morgan fingerprint density at radius 2 is 0.682 bits per heavy atom. The van der Waals surface area contributed by atoms with Crippen LogP contribution in [0.2, 0.25) is 0 Å². The molecule has 6 rings (SSSR count). The van der Waals surface area contributed by atoms with Crippen LogP contribution in [0.5, 0.6) is 23.0 Å². The molecule has 66 heavy (non-hydrogen) atoms. The molecule has 0 saturated carbocycles. The smallest absolute Gasteiger partial charge is 0.134 e. The normalized spacial score (nSPS) is 11.9. The second-order valence-corrected chi connectivity index (χ2v) is 19.5. The van der Waals surface area contributed by atoms with E-state index in [0.29, 0.717) is 26.4 Å². The highest BCUT2D eigenvalue weighted by atomic mass is 79.9. The van der Waals surface area contributed by atoms with E-state index in [-0.39, 0.29) is 0 Å². The van der Waals surface area contributed by atoms with Gasteiger partial charge in [0.05, 0.1) is 54.4 Å². The van der Waals surface area contributed by atoms with Gasteiger partial charge in [0, 0.05) is 37.9 Å². The SMILES string of the molecule is CCCCCCOc1cc(/C=C/c2cc(OCCCCCC)c(/C=C/c3ccc(/C=C/c4ccc(Br)c5nsnc45)c4nsnc34)cc2OCCCCCC)c(OCCCCCC)cc1Br. The van der Waals surface area contributed by atoms with Crippen LogP contribution in [0.1, 0.15) is 164 Å². The molecule has 0 bridgehead atoms. The molecule has 0 aliphatic rings. The third kappa shape index (κ3) is 15.2. The van der Waals surface area contributed by atoms with Crippen LogP contribution in [0.15, 0.2) is 57.5 Å². The first-order chi connectivity index (χ1) is 32.4. The second-order valence-electron chi connectivity index (χ2n) is 16.7. The molecule has 0 unspecified atom stereocenters. The minimum absolute atomic E-state index is 0.631. The van der Waals surface area contributed by atoms with Crippen molar-refractivity contribution in [3.8, 4) is 23.0 Å². The van der Waals surface area contributed by atoms with Gasteiger partial charge < -0.3 is 18.9 Å². The highest BCUT2D eigenvalue weighted by molar-refractivity contribution is 9.11. The fourth-order valence-electron chi connectivity index (χ4n) is 7.56. The maximum absolute atomic E-state index is 6.66. The van der Waals surface area contributed by atoms with E-state index in [1.807, 2.05) is 6.07 Å². The first-order valence-electron chi connectivity index (χ1n) is 24.2. The van der Waals surface area contributed by atoms with Crippen molar-refractivity contribution >= 4 is 114 Å². The Balaban J connectivity index is 1.34. The van der Waals surface area contributed by atoms with Crippen molar-refractivity contribution in [2.75, 3.05) is 26.4 Å². The van der Waals surface area contributed by atoms with Crippen molar-refractivity contribution in [1.82, 2.24) is 17.5 Å². The summed E-state index contributed by atoms with van der Waals surface area (Å²) < 4.78 is 46.4. The van der Waals surface area contributed by atoms with Crippen LogP contribution in [0.25, 0.3) is 58.5 Å². The molecule has 6 aromatic rings. The van der Waals surface area contributed by atoms with Gasteiger partial charge in [0.1, 0.15) is 45.1 Å². The monoisotopic (exact) mass is 1060 g/mol. The van der Waals surface area contributed by atoms with Crippen molar-refractivity contribution in [1.29, 1.82) is 0 Å². The van der Waals surface area contributed by atoms with E-state index in [1.54, 1.807) is 0 Å². The van der Waals surface area contributed by atoms with E-state index in [4.69, 9.17) is 27.7 Å². The molecule has 2 heterocycles. The van der Waals surface area contributed by atoms with Gasteiger partial charge >= 0.3 is 0 Å². The summed E-state index contributed by atoms with van der Waals surface area (Å²) in [6.45, 7) is 11.5. The number of unbranched alkanes of at least 4 members (excludes halogenated alkanes) is 12. The van der Waals surface area contributed by atoms with Crippen LogP contribution < -0.4 is 18.9 Å². The number of benzene rings is 4. The summed E-state index contributed by atoms with van der Waals surface area (Å²) in [5.41, 5.74) is 9.27. The predicted molar refractivity (Wildman–Crippen MR) is 288 cm³/mol. The Morgan fingerprint density at radius 3 is 1.09 bits per heavy atom. The van der Waals surface area contributed by atoms with E-state index in [2.05, 4.69) is 147 Å². The fourth-order valence-corrected chi connectivity index (χ4v) is 9.70. The second kappa shape index (κ2) is 28.3. The lowest BCUT2D eigenvalue weighted by molar-refractivity contribution is 0.295. The predicted octanol–water partition coefficient (Wildman–Crippen LogP) is 17.6. The minimum atomic E-state index is 0.631. The molecule has 4 aromatic carbocycles. The molecule has 0 saturated heterocycles. The maximum Gasteiger partial charge on any atom is 0.134 e. The van der Waals surface area contributed by atoms with Gasteiger partial charge in [-0.25, -0.2) is 0 Å². The first-order valence-corrected chi connectivity index (χ1v) is 27.2. The Labute approximate surface area is 418 Å². The van der Waals surface area contributed by atoms with Gasteiger partial charge in [-0.1, -0.05) is 159 Å². The molecular formula is C54H66Br2N4O4S2.